The molecule has 2 aromatic rings. The van der Waals surface area contributed by atoms with Crippen LogP contribution in [0.3, 0.4) is 0 Å². The molecule has 1 aliphatic rings. The van der Waals surface area contributed by atoms with Gasteiger partial charge in [0.05, 0.1) is 11.5 Å². The van der Waals surface area contributed by atoms with E-state index < -0.39 is 0 Å². The number of carbonyl (C=O) groups is 1. The Hall–Kier alpha value is -1.99. The van der Waals surface area contributed by atoms with Crippen molar-refractivity contribution in [2.24, 2.45) is 0 Å². The molecule has 0 N–H and O–H groups in total. The fourth-order valence-corrected chi connectivity index (χ4v) is 4.47. The zero-order chi connectivity index (χ0) is 21.7. The Morgan fingerprint density at radius 1 is 1.17 bits per heavy atom. The Bertz CT molecular complexity index is 1020. The summed E-state index contributed by atoms with van der Waals surface area (Å²) in [5.74, 6) is 1.04. The molecule has 1 amide bonds. The third-order valence-electron chi connectivity index (χ3n) is 4.15. The molecule has 0 aliphatic carbocycles. The van der Waals surface area contributed by atoms with Crippen molar-refractivity contribution in [3.05, 3.63) is 75.1 Å². The number of thioether (sulfide) groups is 1. The SMILES string of the molecule is C=CCN1C(=O)/C(=C\c2ccc(OCc3ccc(Cl)cc3Cl)c(OCC)c2)SC1=S. The number of halogens is 2. The number of ether oxygens (including phenoxy) is 2. The monoisotopic (exact) mass is 479 g/mol. The fraction of sp³-hybridized carbons (Fsp3) is 0.182. The molecule has 0 bridgehead atoms. The summed E-state index contributed by atoms with van der Waals surface area (Å²) in [5.41, 5.74) is 1.63. The average molecular weight is 480 g/mol. The minimum absolute atomic E-state index is 0.124. The third kappa shape index (κ3) is 5.38. The van der Waals surface area contributed by atoms with Crippen molar-refractivity contribution in [3.63, 3.8) is 0 Å². The standard InChI is InChI=1S/C22H19Cl2NO3S2/c1-3-9-25-21(26)20(30-22(25)29)11-14-5-8-18(19(10-14)27-4-2)28-13-15-6-7-16(23)12-17(15)24/h3,5-8,10-12H,1,4,9,13H2,2H3/b20-11+. The molecule has 156 valence electrons. The third-order valence-corrected chi connectivity index (χ3v) is 6.11. The van der Waals surface area contributed by atoms with Gasteiger partial charge in [-0.3, -0.25) is 9.69 Å². The van der Waals surface area contributed by atoms with Gasteiger partial charge in [0.2, 0.25) is 0 Å². The molecular weight excluding hydrogens is 461 g/mol. The molecule has 0 atom stereocenters. The summed E-state index contributed by atoms with van der Waals surface area (Å²) in [4.78, 5) is 14.6. The summed E-state index contributed by atoms with van der Waals surface area (Å²) < 4.78 is 12.2. The van der Waals surface area contributed by atoms with Crippen LogP contribution in [0.5, 0.6) is 11.5 Å². The van der Waals surface area contributed by atoms with Gasteiger partial charge in [-0.2, -0.15) is 0 Å². The first-order valence-electron chi connectivity index (χ1n) is 9.12. The van der Waals surface area contributed by atoms with E-state index in [0.717, 1.165) is 11.1 Å². The van der Waals surface area contributed by atoms with Gasteiger partial charge in [-0.25, -0.2) is 0 Å². The summed E-state index contributed by atoms with van der Waals surface area (Å²) in [5, 5.41) is 1.11. The largest absolute Gasteiger partial charge is 0.490 e. The molecule has 8 heteroatoms. The van der Waals surface area contributed by atoms with Crippen LogP contribution in [0, 0.1) is 0 Å². The highest BCUT2D eigenvalue weighted by atomic mass is 35.5. The van der Waals surface area contributed by atoms with Crippen molar-refractivity contribution in [3.8, 4) is 11.5 Å². The Kier molecular flexibility index (Phi) is 7.83. The normalized spacial score (nSPS) is 15.0. The number of thiocarbonyl (C=S) groups is 1. The van der Waals surface area contributed by atoms with Gasteiger partial charge >= 0.3 is 0 Å². The molecule has 1 saturated heterocycles. The highest BCUT2D eigenvalue weighted by Crippen LogP contribution is 2.35. The first-order chi connectivity index (χ1) is 14.4. The maximum Gasteiger partial charge on any atom is 0.266 e. The van der Waals surface area contributed by atoms with Gasteiger partial charge in [-0.15, -0.1) is 6.58 Å². The molecule has 2 aromatic carbocycles. The van der Waals surface area contributed by atoms with Gasteiger partial charge in [0.1, 0.15) is 10.9 Å². The van der Waals surface area contributed by atoms with Crippen LogP contribution >= 0.6 is 47.2 Å². The predicted octanol–water partition coefficient (Wildman–Crippen LogP) is 6.36. The number of amides is 1. The smallest absolute Gasteiger partial charge is 0.266 e. The quantitative estimate of drug-likeness (QED) is 0.250. The number of nitrogens with zero attached hydrogens (tertiary/aromatic N) is 1. The van der Waals surface area contributed by atoms with Crippen LogP contribution in [0.15, 0.2) is 54.0 Å². The summed E-state index contributed by atoms with van der Waals surface area (Å²) in [6.45, 7) is 6.70. The molecular formula is C22H19Cl2NO3S2. The molecule has 0 saturated carbocycles. The Morgan fingerprint density at radius 2 is 1.97 bits per heavy atom. The molecule has 30 heavy (non-hydrogen) atoms. The zero-order valence-electron chi connectivity index (χ0n) is 16.2. The van der Waals surface area contributed by atoms with E-state index in [-0.39, 0.29) is 12.5 Å². The lowest BCUT2D eigenvalue weighted by Gasteiger charge is -2.13. The van der Waals surface area contributed by atoms with Gasteiger partial charge in [0, 0.05) is 22.2 Å². The van der Waals surface area contributed by atoms with Crippen LogP contribution in [-0.2, 0) is 11.4 Å². The second-order valence-corrected chi connectivity index (χ2v) is 8.76. The van der Waals surface area contributed by atoms with Crippen LogP contribution in [0.25, 0.3) is 6.08 Å². The van der Waals surface area contributed by atoms with Crippen molar-refractivity contribution in [2.75, 3.05) is 13.2 Å². The molecule has 3 rings (SSSR count). The summed E-state index contributed by atoms with van der Waals surface area (Å²) >= 11 is 18.7. The van der Waals surface area contributed by atoms with E-state index in [9.17, 15) is 4.79 Å². The number of hydrogen-bond donors (Lipinski definition) is 0. The maximum absolute atomic E-state index is 12.5. The second kappa shape index (κ2) is 10.4. The Labute approximate surface area is 195 Å². The molecule has 0 spiro atoms. The minimum atomic E-state index is -0.124. The van der Waals surface area contributed by atoms with Crippen molar-refractivity contribution >= 4 is 63.5 Å². The fourth-order valence-electron chi connectivity index (χ4n) is 2.73. The minimum Gasteiger partial charge on any atom is -0.490 e. The summed E-state index contributed by atoms with van der Waals surface area (Å²) in [6, 6.07) is 10.8. The zero-order valence-corrected chi connectivity index (χ0v) is 19.3. The Balaban J connectivity index is 1.80. The highest BCUT2D eigenvalue weighted by Gasteiger charge is 2.31. The maximum atomic E-state index is 12.5. The topological polar surface area (TPSA) is 38.8 Å². The lowest BCUT2D eigenvalue weighted by atomic mass is 10.1. The number of carbonyl (C=O) groups excluding carboxylic acids is 1. The first kappa shape index (κ1) is 22.7. The molecule has 4 nitrogen and oxygen atoms in total. The van der Waals surface area contributed by atoms with E-state index in [0.29, 0.717) is 43.9 Å². The molecule has 1 heterocycles. The predicted molar refractivity (Wildman–Crippen MR) is 128 cm³/mol. The Morgan fingerprint density at radius 3 is 2.67 bits per heavy atom. The van der Waals surface area contributed by atoms with Crippen LogP contribution in [0.4, 0.5) is 0 Å². The number of benzene rings is 2. The van der Waals surface area contributed by atoms with Gasteiger partial charge in [-0.1, -0.05) is 65.4 Å². The van der Waals surface area contributed by atoms with Gasteiger partial charge in [-0.05, 0) is 42.8 Å². The van der Waals surface area contributed by atoms with Gasteiger partial charge in [0.25, 0.3) is 5.91 Å². The number of hydrogen-bond acceptors (Lipinski definition) is 5. The van der Waals surface area contributed by atoms with Crippen molar-refractivity contribution in [1.29, 1.82) is 0 Å². The van der Waals surface area contributed by atoms with Gasteiger partial charge in [0.15, 0.2) is 11.5 Å². The van der Waals surface area contributed by atoms with E-state index in [2.05, 4.69) is 6.58 Å². The van der Waals surface area contributed by atoms with E-state index in [1.165, 1.54) is 16.7 Å². The lowest BCUT2D eigenvalue weighted by Crippen LogP contribution is -2.27. The first-order valence-corrected chi connectivity index (χ1v) is 11.1. The van der Waals surface area contributed by atoms with Crippen LogP contribution < -0.4 is 9.47 Å². The summed E-state index contributed by atoms with van der Waals surface area (Å²) in [6.07, 6.45) is 3.45. The second-order valence-electron chi connectivity index (χ2n) is 6.24. The summed E-state index contributed by atoms with van der Waals surface area (Å²) in [7, 11) is 0. The molecule has 0 radical (unpaired) electrons. The number of rotatable bonds is 8. The van der Waals surface area contributed by atoms with Gasteiger partial charge < -0.3 is 9.47 Å². The van der Waals surface area contributed by atoms with E-state index in [1.807, 2.05) is 31.2 Å². The molecule has 0 unspecified atom stereocenters. The van der Waals surface area contributed by atoms with Crippen LogP contribution in [0.1, 0.15) is 18.1 Å². The van der Waals surface area contributed by atoms with Crippen LogP contribution in [0.2, 0.25) is 10.0 Å². The lowest BCUT2D eigenvalue weighted by molar-refractivity contribution is -0.121. The van der Waals surface area contributed by atoms with Crippen molar-refractivity contribution in [2.45, 2.75) is 13.5 Å². The van der Waals surface area contributed by atoms with E-state index in [4.69, 9.17) is 44.9 Å². The van der Waals surface area contributed by atoms with Crippen LogP contribution in [-0.4, -0.2) is 28.3 Å². The van der Waals surface area contributed by atoms with E-state index in [1.54, 1.807) is 24.3 Å². The van der Waals surface area contributed by atoms with Crippen molar-refractivity contribution in [1.82, 2.24) is 4.90 Å². The molecule has 0 aromatic heterocycles. The average Bonchev–Trinajstić information content (AvgIpc) is 2.96. The van der Waals surface area contributed by atoms with E-state index >= 15 is 0 Å². The molecule has 1 aliphatic heterocycles. The highest BCUT2D eigenvalue weighted by molar-refractivity contribution is 8.26. The van der Waals surface area contributed by atoms with Crippen molar-refractivity contribution < 1.29 is 14.3 Å². The molecule has 1 fully saturated rings.